The number of primary sulfonamides is 1. The Morgan fingerprint density at radius 3 is 2.21 bits per heavy atom. The summed E-state index contributed by atoms with van der Waals surface area (Å²) in [7, 11) is -7.47. The number of hydrogen-bond acceptors (Lipinski definition) is 5. The molecule has 1 heterocycles. The third-order valence-electron chi connectivity index (χ3n) is 4.92. The van der Waals surface area contributed by atoms with Gasteiger partial charge >= 0.3 is 0 Å². The van der Waals surface area contributed by atoms with E-state index in [1.807, 2.05) is 0 Å². The Morgan fingerprint density at radius 2 is 1.62 bits per heavy atom. The maximum absolute atomic E-state index is 12.8. The van der Waals surface area contributed by atoms with Crippen molar-refractivity contribution in [1.82, 2.24) is 4.31 Å². The van der Waals surface area contributed by atoms with Crippen LogP contribution in [0, 0.1) is 5.92 Å². The van der Waals surface area contributed by atoms with Gasteiger partial charge in [0.15, 0.2) is 0 Å². The van der Waals surface area contributed by atoms with Gasteiger partial charge in [0.05, 0.1) is 9.79 Å². The van der Waals surface area contributed by atoms with Crippen LogP contribution in [-0.4, -0.2) is 40.1 Å². The van der Waals surface area contributed by atoms with Crippen molar-refractivity contribution >= 4 is 31.6 Å². The molecular weight excluding hydrogens is 414 g/mol. The fraction of sp³-hybridized carbons (Fsp3) is 0.316. The van der Waals surface area contributed by atoms with Gasteiger partial charge in [-0.3, -0.25) is 4.79 Å². The van der Waals surface area contributed by atoms with Crippen LogP contribution in [0.5, 0.6) is 0 Å². The Bertz CT molecular complexity index is 1100. The number of hydrogen-bond donors (Lipinski definition) is 2. The average Bonchev–Trinajstić information content (AvgIpc) is 2.68. The van der Waals surface area contributed by atoms with Crippen LogP contribution in [0.3, 0.4) is 0 Å². The van der Waals surface area contributed by atoms with Crippen molar-refractivity contribution in [1.29, 1.82) is 0 Å². The molecular formula is C19H23N3O5S2. The van der Waals surface area contributed by atoms with Gasteiger partial charge in [0.2, 0.25) is 20.0 Å². The third-order valence-corrected chi connectivity index (χ3v) is 7.74. The lowest BCUT2D eigenvalue weighted by molar-refractivity contribution is 0.102. The Balaban J connectivity index is 1.74. The molecule has 1 fully saturated rings. The molecule has 2 aromatic rings. The average molecular weight is 438 g/mol. The van der Waals surface area contributed by atoms with Crippen LogP contribution in [0.4, 0.5) is 5.69 Å². The SMILES string of the molecule is CC1CCN(S(=O)(=O)c2ccc(C(=O)Nc3cccc(S(N)(=O)=O)c3)cc2)CC1. The number of nitrogens with one attached hydrogen (secondary N) is 1. The molecule has 0 aromatic heterocycles. The first-order chi connectivity index (χ1) is 13.6. The Morgan fingerprint density at radius 1 is 1.00 bits per heavy atom. The van der Waals surface area contributed by atoms with E-state index >= 15 is 0 Å². The highest BCUT2D eigenvalue weighted by molar-refractivity contribution is 7.89. The highest BCUT2D eigenvalue weighted by Crippen LogP contribution is 2.24. The van der Waals surface area contributed by atoms with E-state index in [2.05, 4.69) is 12.2 Å². The standard InChI is InChI=1S/C19H23N3O5S2/c1-14-9-11-22(12-10-14)29(26,27)17-7-5-15(6-8-17)19(23)21-16-3-2-4-18(13-16)28(20,24)25/h2-8,13-14H,9-12H2,1H3,(H,21,23)(H2,20,24,25). The number of piperidine rings is 1. The Kier molecular flexibility index (Phi) is 6.08. The number of anilines is 1. The molecule has 0 saturated carbocycles. The van der Waals surface area contributed by atoms with Gasteiger partial charge in [-0.15, -0.1) is 0 Å². The summed E-state index contributed by atoms with van der Waals surface area (Å²) in [6, 6.07) is 11.2. The largest absolute Gasteiger partial charge is 0.322 e. The van der Waals surface area contributed by atoms with E-state index in [9.17, 15) is 21.6 Å². The molecule has 3 rings (SSSR count). The first kappa shape index (κ1) is 21.4. The number of carbonyl (C=O) groups excluding carboxylic acids is 1. The number of sulfonamides is 2. The predicted molar refractivity (Wildman–Crippen MR) is 109 cm³/mol. The quantitative estimate of drug-likeness (QED) is 0.740. The summed E-state index contributed by atoms with van der Waals surface area (Å²) >= 11 is 0. The molecule has 8 nitrogen and oxygen atoms in total. The summed E-state index contributed by atoms with van der Waals surface area (Å²) in [6.45, 7) is 3.09. The molecule has 29 heavy (non-hydrogen) atoms. The van der Waals surface area contributed by atoms with Crippen molar-refractivity contribution in [3.63, 3.8) is 0 Å². The highest BCUT2D eigenvalue weighted by atomic mass is 32.2. The molecule has 3 N–H and O–H groups in total. The lowest BCUT2D eigenvalue weighted by Crippen LogP contribution is -2.37. The first-order valence-electron chi connectivity index (χ1n) is 9.12. The van der Waals surface area contributed by atoms with Crippen LogP contribution in [0.15, 0.2) is 58.3 Å². The number of carbonyl (C=O) groups is 1. The minimum absolute atomic E-state index is 0.118. The molecule has 1 aliphatic rings. The van der Waals surface area contributed by atoms with Crippen LogP contribution in [0.1, 0.15) is 30.1 Å². The second kappa shape index (κ2) is 8.23. The molecule has 0 atom stereocenters. The Hall–Kier alpha value is -2.27. The van der Waals surface area contributed by atoms with Crippen LogP contribution in [0.2, 0.25) is 0 Å². The zero-order valence-corrected chi connectivity index (χ0v) is 17.5. The molecule has 0 spiro atoms. The van der Waals surface area contributed by atoms with Gasteiger partial charge in [-0.2, -0.15) is 4.31 Å². The molecule has 0 aliphatic carbocycles. The van der Waals surface area contributed by atoms with Crippen molar-refractivity contribution in [2.45, 2.75) is 29.6 Å². The van der Waals surface area contributed by atoms with E-state index in [-0.39, 0.29) is 21.0 Å². The molecule has 1 saturated heterocycles. The second-order valence-corrected chi connectivity index (χ2v) is 10.6. The third kappa shape index (κ3) is 5.02. The minimum atomic E-state index is -3.88. The molecule has 1 aliphatic heterocycles. The van der Waals surface area contributed by atoms with Crippen molar-refractivity contribution < 1.29 is 21.6 Å². The summed E-state index contributed by atoms with van der Waals surface area (Å²) in [4.78, 5) is 12.4. The molecule has 0 bridgehead atoms. The van der Waals surface area contributed by atoms with Gasteiger partial charge in [-0.1, -0.05) is 13.0 Å². The predicted octanol–water partition coefficient (Wildman–Crippen LogP) is 2.01. The summed E-state index contributed by atoms with van der Waals surface area (Å²) in [5, 5.41) is 7.67. The summed E-state index contributed by atoms with van der Waals surface area (Å²) < 4.78 is 49.8. The van der Waals surface area contributed by atoms with E-state index in [1.165, 1.54) is 52.8 Å². The van der Waals surface area contributed by atoms with E-state index in [4.69, 9.17) is 5.14 Å². The van der Waals surface area contributed by atoms with Gasteiger partial charge in [0.1, 0.15) is 0 Å². The van der Waals surface area contributed by atoms with Gasteiger partial charge in [-0.25, -0.2) is 22.0 Å². The van der Waals surface area contributed by atoms with Crippen LogP contribution < -0.4 is 10.5 Å². The number of benzene rings is 2. The van der Waals surface area contributed by atoms with E-state index in [0.29, 0.717) is 19.0 Å². The topological polar surface area (TPSA) is 127 Å². The van der Waals surface area contributed by atoms with Crippen LogP contribution in [0.25, 0.3) is 0 Å². The molecule has 0 unspecified atom stereocenters. The minimum Gasteiger partial charge on any atom is -0.322 e. The monoisotopic (exact) mass is 437 g/mol. The summed E-state index contributed by atoms with van der Waals surface area (Å²) in [5.41, 5.74) is 0.512. The molecule has 10 heteroatoms. The zero-order chi connectivity index (χ0) is 21.2. The number of nitrogens with two attached hydrogens (primary N) is 1. The number of nitrogens with zero attached hydrogens (tertiary/aromatic N) is 1. The zero-order valence-electron chi connectivity index (χ0n) is 15.9. The number of rotatable bonds is 5. The summed E-state index contributed by atoms with van der Waals surface area (Å²) in [6.07, 6.45) is 1.66. The van der Waals surface area contributed by atoms with Gasteiger partial charge in [-0.05, 0) is 61.2 Å². The lowest BCUT2D eigenvalue weighted by atomic mass is 10.0. The maximum Gasteiger partial charge on any atom is 0.255 e. The highest BCUT2D eigenvalue weighted by Gasteiger charge is 2.28. The van der Waals surface area contributed by atoms with Gasteiger partial charge < -0.3 is 5.32 Å². The van der Waals surface area contributed by atoms with Crippen LogP contribution >= 0.6 is 0 Å². The van der Waals surface area contributed by atoms with Gasteiger partial charge in [0, 0.05) is 24.3 Å². The van der Waals surface area contributed by atoms with Gasteiger partial charge in [0.25, 0.3) is 5.91 Å². The van der Waals surface area contributed by atoms with E-state index < -0.39 is 26.0 Å². The fourth-order valence-electron chi connectivity index (χ4n) is 3.11. The van der Waals surface area contributed by atoms with Crippen molar-refractivity contribution in [2.24, 2.45) is 11.1 Å². The smallest absolute Gasteiger partial charge is 0.255 e. The molecule has 156 valence electrons. The van der Waals surface area contributed by atoms with E-state index in [1.54, 1.807) is 0 Å². The molecule has 2 aromatic carbocycles. The van der Waals surface area contributed by atoms with Crippen molar-refractivity contribution in [3.05, 3.63) is 54.1 Å². The Labute approximate surface area is 170 Å². The van der Waals surface area contributed by atoms with E-state index in [0.717, 1.165) is 12.8 Å². The normalized spacial score (nSPS) is 16.5. The second-order valence-electron chi connectivity index (χ2n) is 7.14. The van der Waals surface area contributed by atoms with Crippen molar-refractivity contribution in [2.75, 3.05) is 18.4 Å². The number of amides is 1. The summed E-state index contributed by atoms with van der Waals surface area (Å²) in [5.74, 6) is 0.0209. The van der Waals surface area contributed by atoms with Crippen molar-refractivity contribution in [3.8, 4) is 0 Å². The lowest BCUT2D eigenvalue weighted by Gasteiger charge is -2.29. The molecule has 0 radical (unpaired) electrons. The molecule has 1 amide bonds. The van der Waals surface area contributed by atoms with Crippen LogP contribution in [-0.2, 0) is 20.0 Å². The first-order valence-corrected chi connectivity index (χ1v) is 12.1. The fourth-order valence-corrected chi connectivity index (χ4v) is 5.14. The maximum atomic E-state index is 12.8.